The molecule has 4 N–H and O–H groups in total. The molecule has 6 nitrogen and oxygen atoms in total. The Labute approximate surface area is 114 Å². The van der Waals surface area contributed by atoms with Crippen LogP contribution >= 0.6 is 0 Å². The van der Waals surface area contributed by atoms with Crippen molar-refractivity contribution in [3.8, 4) is 0 Å². The maximum atomic E-state index is 11.5. The highest BCUT2D eigenvalue weighted by atomic mass is 16.1. The van der Waals surface area contributed by atoms with Crippen molar-refractivity contribution in [3.63, 3.8) is 0 Å². The van der Waals surface area contributed by atoms with Crippen LogP contribution in [0.5, 0.6) is 0 Å². The summed E-state index contributed by atoms with van der Waals surface area (Å²) in [4.78, 5) is 19.6. The van der Waals surface area contributed by atoms with Crippen LogP contribution in [0.15, 0.2) is 6.33 Å². The van der Waals surface area contributed by atoms with Gasteiger partial charge in [-0.1, -0.05) is 20.8 Å². The minimum Gasteiger partial charge on any atom is -0.383 e. The van der Waals surface area contributed by atoms with Crippen molar-refractivity contribution in [2.45, 2.75) is 39.5 Å². The van der Waals surface area contributed by atoms with Crippen molar-refractivity contribution < 1.29 is 4.79 Å². The highest BCUT2D eigenvalue weighted by Gasteiger charge is 2.12. The van der Waals surface area contributed by atoms with E-state index in [0.717, 1.165) is 18.5 Å². The van der Waals surface area contributed by atoms with Crippen LogP contribution in [0.3, 0.4) is 0 Å². The fourth-order valence-electron chi connectivity index (χ4n) is 1.77. The van der Waals surface area contributed by atoms with Crippen molar-refractivity contribution >= 4 is 17.5 Å². The van der Waals surface area contributed by atoms with Gasteiger partial charge in [-0.05, 0) is 12.3 Å². The van der Waals surface area contributed by atoms with Gasteiger partial charge in [0.05, 0.1) is 0 Å². The minimum atomic E-state index is 0.0440. The van der Waals surface area contributed by atoms with Crippen LogP contribution in [0.25, 0.3) is 0 Å². The molecule has 0 aliphatic heterocycles. The standard InChI is InChI=1S/C13H23N5O/c1-4-6-15-10(19)5-7-16-13-11(9(2)3)12(14)17-8-18-13/h8-9H,4-7H2,1-3H3,(H,15,19)(H3,14,16,17,18). The van der Waals surface area contributed by atoms with Gasteiger partial charge in [0.1, 0.15) is 18.0 Å². The minimum absolute atomic E-state index is 0.0440. The van der Waals surface area contributed by atoms with Gasteiger partial charge in [0, 0.05) is 25.1 Å². The molecule has 19 heavy (non-hydrogen) atoms. The lowest BCUT2D eigenvalue weighted by Crippen LogP contribution is -2.26. The lowest BCUT2D eigenvalue weighted by atomic mass is 10.0. The van der Waals surface area contributed by atoms with Crippen molar-refractivity contribution in [2.24, 2.45) is 0 Å². The predicted molar refractivity (Wildman–Crippen MR) is 76.9 cm³/mol. The number of nitrogens with zero attached hydrogens (tertiary/aromatic N) is 2. The Bertz CT molecular complexity index is 419. The third kappa shape index (κ3) is 4.73. The number of carbonyl (C=O) groups excluding carboxylic acids is 1. The summed E-state index contributed by atoms with van der Waals surface area (Å²) in [6.45, 7) is 7.35. The molecule has 0 bridgehead atoms. The fraction of sp³-hybridized carbons (Fsp3) is 0.615. The molecule has 0 fully saturated rings. The molecule has 1 heterocycles. The Morgan fingerprint density at radius 2 is 2.11 bits per heavy atom. The van der Waals surface area contributed by atoms with Gasteiger partial charge >= 0.3 is 0 Å². The molecule has 0 radical (unpaired) electrons. The number of nitrogen functional groups attached to an aromatic ring is 1. The Kier molecular flexibility index (Phi) is 6.05. The normalized spacial score (nSPS) is 10.5. The van der Waals surface area contributed by atoms with E-state index in [-0.39, 0.29) is 11.8 Å². The molecular weight excluding hydrogens is 242 g/mol. The van der Waals surface area contributed by atoms with E-state index in [0.29, 0.717) is 24.6 Å². The lowest BCUT2D eigenvalue weighted by Gasteiger charge is -2.14. The number of aromatic nitrogens is 2. The van der Waals surface area contributed by atoms with E-state index in [2.05, 4.69) is 20.6 Å². The first-order valence-corrected chi connectivity index (χ1v) is 6.67. The summed E-state index contributed by atoms with van der Waals surface area (Å²) in [6.07, 6.45) is 2.79. The third-order valence-electron chi connectivity index (χ3n) is 2.71. The van der Waals surface area contributed by atoms with Crippen molar-refractivity contribution in [1.82, 2.24) is 15.3 Å². The Hall–Kier alpha value is -1.85. The Balaban J connectivity index is 2.54. The maximum absolute atomic E-state index is 11.5. The first-order valence-electron chi connectivity index (χ1n) is 6.67. The van der Waals surface area contributed by atoms with Crippen LogP contribution in [0.4, 0.5) is 11.6 Å². The van der Waals surface area contributed by atoms with Gasteiger partial charge in [-0.2, -0.15) is 0 Å². The van der Waals surface area contributed by atoms with E-state index in [1.165, 1.54) is 6.33 Å². The SMILES string of the molecule is CCCNC(=O)CCNc1ncnc(N)c1C(C)C. The summed E-state index contributed by atoms with van der Waals surface area (Å²) >= 11 is 0. The topological polar surface area (TPSA) is 92.9 Å². The summed E-state index contributed by atoms with van der Waals surface area (Å²) < 4.78 is 0. The van der Waals surface area contributed by atoms with Crippen molar-refractivity contribution in [1.29, 1.82) is 0 Å². The van der Waals surface area contributed by atoms with Gasteiger partial charge in [-0.3, -0.25) is 4.79 Å². The summed E-state index contributed by atoms with van der Waals surface area (Å²) in [5.41, 5.74) is 6.75. The maximum Gasteiger partial charge on any atom is 0.221 e. The van der Waals surface area contributed by atoms with E-state index in [1.807, 2.05) is 20.8 Å². The second-order valence-corrected chi connectivity index (χ2v) is 4.70. The molecule has 0 saturated heterocycles. The largest absolute Gasteiger partial charge is 0.383 e. The second-order valence-electron chi connectivity index (χ2n) is 4.70. The Morgan fingerprint density at radius 3 is 2.74 bits per heavy atom. The zero-order valence-corrected chi connectivity index (χ0v) is 11.9. The molecule has 0 atom stereocenters. The van der Waals surface area contributed by atoms with Gasteiger partial charge in [-0.25, -0.2) is 9.97 Å². The number of anilines is 2. The molecular formula is C13H23N5O. The lowest BCUT2D eigenvalue weighted by molar-refractivity contribution is -0.120. The van der Waals surface area contributed by atoms with Gasteiger partial charge < -0.3 is 16.4 Å². The Morgan fingerprint density at radius 1 is 1.37 bits per heavy atom. The smallest absolute Gasteiger partial charge is 0.221 e. The average Bonchev–Trinajstić information content (AvgIpc) is 2.36. The van der Waals surface area contributed by atoms with Crippen molar-refractivity contribution in [2.75, 3.05) is 24.1 Å². The van der Waals surface area contributed by atoms with E-state index >= 15 is 0 Å². The zero-order chi connectivity index (χ0) is 14.3. The number of carbonyl (C=O) groups is 1. The quantitative estimate of drug-likeness (QED) is 0.695. The van der Waals surface area contributed by atoms with Gasteiger partial charge in [0.2, 0.25) is 5.91 Å². The molecule has 106 valence electrons. The van der Waals surface area contributed by atoms with Gasteiger partial charge in [0.25, 0.3) is 0 Å². The summed E-state index contributed by atoms with van der Waals surface area (Å²) in [6, 6.07) is 0. The molecule has 1 aromatic rings. The first kappa shape index (κ1) is 15.2. The number of nitrogens with two attached hydrogens (primary N) is 1. The van der Waals surface area contributed by atoms with E-state index < -0.39 is 0 Å². The molecule has 1 aromatic heterocycles. The molecule has 0 aliphatic rings. The van der Waals surface area contributed by atoms with E-state index in [1.54, 1.807) is 0 Å². The zero-order valence-electron chi connectivity index (χ0n) is 11.9. The number of hydrogen-bond donors (Lipinski definition) is 3. The first-order chi connectivity index (χ1) is 9.06. The number of hydrogen-bond acceptors (Lipinski definition) is 5. The molecule has 1 rings (SSSR count). The fourth-order valence-corrected chi connectivity index (χ4v) is 1.77. The van der Waals surface area contributed by atoms with Crippen LogP contribution in [0.1, 0.15) is 45.1 Å². The van der Waals surface area contributed by atoms with Gasteiger partial charge in [0.15, 0.2) is 0 Å². The number of rotatable bonds is 7. The second kappa shape index (κ2) is 7.56. The third-order valence-corrected chi connectivity index (χ3v) is 2.71. The summed E-state index contributed by atoms with van der Waals surface area (Å²) in [5, 5.41) is 5.98. The summed E-state index contributed by atoms with van der Waals surface area (Å²) in [7, 11) is 0. The molecule has 1 amide bonds. The van der Waals surface area contributed by atoms with E-state index in [9.17, 15) is 4.79 Å². The van der Waals surface area contributed by atoms with Crippen LogP contribution in [-0.2, 0) is 4.79 Å². The molecule has 6 heteroatoms. The summed E-state index contributed by atoms with van der Waals surface area (Å²) in [5.74, 6) is 1.48. The van der Waals surface area contributed by atoms with Crippen LogP contribution < -0.4 is 16.4 Å². The highest BCUT2D eigenvalue weighted by molar-refractivity contribution is 5.76. The van der Waals surface area contributed by atoms with Crippen LogP contribution in [0, 0.1) is 0 Å². The highest BCUT2D eigenvalue weighted by Crippen LogP contribution is 2.25. The molecule has 0 aromatic carbocycles. The van der Waals surface area contributed by atoms with Crippen LogP contribution in [-0.4, -0.2) is 29.0 Å². The molecule has 0 aliphatic carbocycles. The molecule has 0 unspecified atom stereocenters. The predicted octanol–water partition coefficient (Wildman–Crippen LogP) is 1.51. The van der Waals surface area contributed by atoms with E-state index in [4.69, 9.17) is 5.73 Å². The molecule has 0 saturated carbocycles. The number of amides is 1. The van der Waals surface area contributed by atoms with Crippen molar-refractivity contribution in [3.05, 3.63) is 11.9 Å². The monoisotopic (exact) mass is 265 g/mol. The number of nitrogens with one attached hydrogen (secondary N) is 2. The average molecular weight is 265 g/mol. The van der Waals surface area contributed by atoms with Gasteiger partial charge in [-0.15, -0.1) is 0 Å². The van der Waals surface area contributed by atoms with Crippen LogP contribution in [0.2, 0.25) is 0 Å². The molecule has 0 spiro atoms.